The van der Waals surface area contributed by atoms with Crippen molar-refractivity contribution < 1.29 is 14.7 Å². The fourth-order valence-corrected chi connectivity index (χ4v) is 2.81. The van der Waals surface area contributed by atoms with Gasteiger partial charge in [0.2, 0.25) is 11.8 Å². The van der Waals surface area contributed by atoms with Crippen molar-refractivity contribution in [3.8, 4) is 5.75 Å². The maximum Gasteiger partial charge on any atom is 0.240 e. The van der Waals surface area contributed by atoms with Crippen LogP contribution in [0, 0.1) is 0 Å². The molecule has 0 aliphatic carbocycles. The summed E-state index contributed by atoms with van der Waals surface area (Å²) in [4.78, 5) is 24.0. The summed E-state index contributed by atoms with van der Waals surface area (Å²) in [6, 6.07) is 17.9. The van der Waals surface area contributed by atoms with E-state index in [0.29, 0.717) is 16.3 Å². The van der Waals surface area contributed by atoms with Gasteiger partial charge in [-0.05, 0) is 29.7 Å². The summed E-state index contributed by atoms with van der Waals surface area (Å²) in [7, 11) is 0. The molecule has 0 aromatic heterocycles. The molecule has 3 aromatic rings. The Hall–Kier alpha value is -3.38. The SMILES string of the molecule is O=C(CCC(=O)Nc1cccc2ccccc12)NN=Cc1cc(Cl)ccc1O. The van der Waals surface area contributed by atoms with Crippen molar-refractivity contribution >= 4 is 46.1 Å². The van der Waals surface area contributed by atoms with E-state index in [2.05, 4.69) is 15.8 Å². The Bertz CT molecular complexity index is 1040. The molecule has 0 fully saturated rings. The minimum atomic E-state index is -0.411. The molecule has 7 heteroatoms. The highest BCUT2D eigenvalue weighted by atomic mass is 35.5. The normalized spacial score (nSPS) is 10.9. The fraction of sp³-hybridized carbons (Fsp3) is 0.0952. The van der Waals surface area contributed by atoms with Crippen molar-refractivity contribution in [2.45, 2.75) is 12.8 Å². The summed E-state index contributed by atoms with van der Waals surface area (Å²) in [6.45, 7) is 0. The molecule has 0 bridgehead atoms. The van der Waals surface area contributed by atoms with Gasteiger partial charge < -0.3 is 10.4 Å². The smallest absolute Gasteiger partial charge is 0.240 e. The van der Waals surface area contributed by atoms with Crippen LogP contribution < -0.4 is 10.7 Å². The van der Waals surface area contributed by atoms with Crippen LogP contribution in [0.15, 0.2) is 65.8 Å². The molecule has 142 valence electrons. The fourth-order valence-electron chi connectivity index (χ4n) is 2.63. The molecule has 2 amide bonds. The van der Waals surface area contributed by atoms with Gasteiger partial charge in [-0.25, -0.2) is 5.43 Å². The predicted molar refractivity (Wildman–Crippen MR) is 111 cm³/mol. The lowest BCUT2D eigenvalue weighted by Gasteiger charge is -2.08. The van der Waals surface area contributed by atoms with Gasteiger partial charge in [-0.3, -0.25) is 9.59 Å². The standard InChI is InChI=1S/C21H18ClN3O3/c22-16-8-9-19(26)15(12-16)13-23-25-21(28)11-10-20(27)24-18-7-3-5-14-4-1-2-6-17(14)18/h1-9,12-13,26H,10-11H2,(H,24,27)(H,25,28). The number of rotatable bonds is 6. The van der Waals surface area contributed by atoms with Crippen molar-refractivity contribution in [2.24, 2.45) is 5.10 Å². The Morgan fingerprint density at radius 2 is 1.75 bits per heavy atom. The van der Waals surface area contributed by atoms with Crippen LogP contribution in [-0.2, 0) is 9.59 Å². The number of carbonyl (C=O) groups excluding carboxylic acids is 2. The first kappa shape index (κ1) is 19.4. The van der Waals surface area contributed by atoms with E-state index >= 15 is 0 Å². The molecule has 0 aliphatic rings. The number of fused-ring (bicyclic) bond motifs is 1. The van der Waals surface area contributed by atoms with Crippen LogP contribution >= 0.6 is 11.6 Å². The number of carbonyl (C=O) groups is 2. The topological polar surface area (TPSA) is 90.8 Å². The molecule has 0 saturated heterocycles. The molecule has 0 heterocycles. The first-order valence-corrected chi connectivity index (χ1v) is 8.99. The summed E-state index contributed by atoms with van der Waals surface area (Å²) in [5.74, 6) is -0.675. The maximum absolute atomic E-state index is 12.2. The Labute approximate surface area is 166 Å². The van der Waals surface area contributed by atoms with Crippen LogP contribution in [0.4, 0.5) is 5.69 Å². The van der Waals surface area contributed by atoms with Crippen LogP contribution in [0.25, 0.3) is 10.8 Å². The number of hydrazone groups is 1. The molecule has 28 heavy (non-hydrogen) atoms. The van der Waals surface area contributed by atoms with Crippen molar-refractivity contribution in [3.05, 3.63) is 71.2 Å². The highest BCUT2D eigenvalue weighted by Crippen LogP contribution is 2.23. The number of nitrogens with one attached hydrogen (secondary N) is 2. The third kappa shape index (κ3) is 5.08. The molecule has 3 N–H and O–H groups in total. The zero-order valence-corrected chi connectivity index (χ0v) is 15.6. The molecule has 3 aromatic carbocycles. The highest BCUT2D eigenvalue weighted by molar-refractivity contribution is 6.30. The maximum atomic E-state index is 12.2. The molecule has 0 aliphatic heterocycles. The molecule has 6 nitrogen and oxygen atoms in total. The molecular weight excluding hydrogens is 378 g/mol. The first-order chi connectivity index (χ1) is 13.5. The van der Waals surface area contributed by atoms with Crippen LogP contribution in [0.5, 0.6) is 5.75 Å². The number of aromatic hydroxyl groups is 1. The average Bonchev–Trinajstić information content (AvgIpc) is 2.69. The molecular formula is C21H18ClN3O3. The second kappa shape index (κ2) is 9.01. The van der Waals surface area contributed by atoms with Gasteiger partial charge in [0.1, 0.15) is 5.75 Å². The van der Waals surface area contributed by atoms with E-state index in [1.807, 2.05) is 42.5 Å². The van der Waals surface area contributed by atoms with E-state index in [1.54, 1.807) is 6.07 Å². The molecule has 0 radical (unpaired) electrons. The van der Waals surface area contributed by atoms with Crippen molar-refractivity contribution in [3.63, 3.8) is 0 Å². The zero-order valence-electron chi connectivity index (χ0n) is 14.9. The van der Waals surface area contributed by atoms with Gasteiger partial charge in [-0.1, -0.05) is 48.0 Å². The van der Waals surface area contributed by atoms with Gasteiger partial charge in [0.25, 0.3) is 0 Å². The van der Waals surface area contributed by atoms with Gasteiger partial charge in [0.15, 0.2) is 0 Å². The van der Waals surface area contributed by atoms with E-state index in [-0.39, 0.29) is 24.5 Å². The van der Waals surface area contributed by atoms with Gasteiger partial charge >= 0.3 is 0 Å². The van der Waals surface area contributed by atoms with Crippen LogP contribution in [0.3, 0.4) is 0 Å². The van der Waals surface area contributed by atoms with E-state index in [0.717, 1.165) is 10.8 Å². The molecule has 3 rings (SSSR count). The van der Waals surface area contributed by atoms with Crippen molar-refractivity contribution in [2.75, 3.05) is 5.32 Å². The van der Waals surface area contributed by atoms with E-state index in [4.69, 9.17) is 11.6 Å². The number of hydrogen-bond donors (Lipinski definition) is 3. The van der Waals surface area contributed by atoms with Gasteiger partial charge in [0, 0.05) is 34.5 Å². The van der Waals surface area contributed by atoms with E-state index in [9.17, 15) is 14.7 Å². The Morgan fingerprint density at radius 3 is 2.61 bits per heavy atom. The first-order valence-electron chi connectivity index (χ1n) is 8.61. The van der Waals surface area contributed by atoms with Crippen LogP contribution in [-0.4, -0.2) is 23.1 Å². The summed E-state index contributed by atoms with van der Waals surface area (Å²) < 4.78 is 0. The second-order valence-electron chi connectivity index (χ2n) is 6.07. The highest BCUT2D eigenvalue weighted by Gasteiger charge is 2.08. The van der Waals surface area contributed by atoms with Crippen LogP contribution in [0.1, 0.15) is 18.4 Å². The number of halogens is 1. The summed E-state index contributed by atoms with van der Waals surface area (Å²) in [5.41, 5.74) is 3.41. The molecule has 0 spiro atoms. The lowest BCUT2D eigenvalue weighted by atomic mass is 10.1. The van der Waals surface area contributed by atoms with Crippen molar-refractivity contribution in [1.82, 2.24) is 5.43 Å². The lowest BCUT2D eigenvalue weighted by molar-refractivity contribution is -0.124. The zero-order chi connectivity index (χ0) is 19.9. The number of nitrogens with zero attached hydrogens (tertiary/aromatic N) is 1. The molecule has 0 saturated carbocycles. The summed E-state index contributed by atoms with van der Waals surface area (Å²) in [5, 5.41) is 18.7. The van der Waals surface area contributed by atoms with Crippen LogP contribution in [0.2, 0.25) is 5.02 Å². The number of hydrogen-bond acceptors (Lipinski definition) is 4. The summed E-state index contributed by atoms with van der Waals surface area (Å²) >= 11 is 5.84. The minimum absolute atomic E-state index is 0.00290. The number of amides is 2. The van der Waals surface area contributed by atoms with Gasteiger partial charge in [-0.2, -0.15) is 5.10 Å². The molecule has 0 atom stereocenters. The Kier molecular flexibility index (Phi) is 6.24. The number of benzene rings is 3. The van der Waals surface area contributed by atoms with Gasteiger partial charge in [0.05, 0.1) is 6.21 Å². The predicted octanol–water partition coefficient (Wildman–Crippen LogP) is 4.07. The lowest BCUT2D eigenvalue weighted by Crippen LogP contribution is -2.20. The average molecular weight is 396 g/mol. The molecule has 0 unspecified atom stereocenters. The Balaban J connectivity index is 1.51. The van der Waals surface area contributed by atoms with E-state index < -0.39 is 5.91 Å². The largest absolute Gasteiger partial charge is 0.507 e. The van der Waals surface area contributed by atoms with E-state index in [1.165, 1.54) is 18.3 Å². The quantitative estimate of drug-likeness (QED) is 0.434. The number of phenolic OH excluding ortho intramolecular Hbond substituents is 1. The number of phenols is 1. The third-order valence-corrected chi connectivity index (χ3v) is 4.26. The monoisotopic (exact) mass is 395 g/mol. The van der Waals surface area contributed by atoms with Crippen molar-refractivity contribution in [1.29, 1.82) is 0 Å². The van der Waals surface area contributed by atoms with Gasteiger partial charge in [-0.15, -0.1) is 0 Å². The minimum Gasteiger partial charge on any atom is -0.507 e. The number of anilines is 1. The third-order valence-electron chi connectivity index (χ3n) is 4.03. The summed E-state index contributed by atoms with van der Waals surface area (Å²) in [6.07, 6.45) is 1.29. The second-order valence-corrected chi connectivity index (χ2v) is 6.51. The Morgan fingerprint density at radius 1 is 1.00 bits per heavy atom.